The quantitative estimate of drug-likeness (QED) is 0.391. The summed E-state index contributed by atoms with van der Waals surface area (Å²) >= 11 is 0. The van der Waals surface area contributed by atoms with Crippen LogP contribution in [0.4, 0.5) is 13.2 Å². The second-order valence-electron chi connectivity index (χ2n) is 8.19. The third-order valence-electron chi connectivity index (χ3n) is 6.01. The largest absolute Gasteiger partial charge is 0.416 e. The topological polar surface area (TPSA) is 48.9 Å². The molecule has 4 aromatic rings. The Labute approximate surface area is 177 Å². The highest BCUT2D eigenvalue weighted by Gasteiger charge is 2.42. The van der Waals surface area contributed by atoms with Crippen molar-refractivity contribution >= 4 is 11.0 Å². The zero-order valence-electron chi connectivity index (χ0n) is 16.8. The van der Waals surface area contributed by atoms with Crippen LogP contribution in [0.25, 0.3) is 22.2 Å². The van der Waals surface area contributed by atoms with E-state index in [0.29, 0.717) is 5.56 Å². The number of aromatic nitrogens is 2. The summed E-state index contributed by atoms with van der Waals surface area (Å²) in [6.07, 6.45) is -4.14. The van der Waals surface area contributed by atoms with Crippen molar-refractivity contribution in [3.63, 3.8) is 0 Å². The minimum Gasteiger partial charge on any atom is -0.389 e. The molecule has 0 saturated heterocycles. The second-order valence-corrected chi connectivity index (χ2v) is 8.19. The monoisotopic (exact) mass is 422 g/mol. The molecule has 0 bridgehead atoms. The van der Waals surface area contributed by atoms with Gasteiger partial charge in [0.05, 0.1) is 22.7 Å². The van der Waals surface area contributed by atoms with Crippen molar-refractivity contribution in [3.8, 4) is 11.1 Å². The highest BCUT2D eigenvalue weighted by Crippen LogP contribution is 2.54. The van der Waals surface area contributed by atoms with Crippen molar-refractivity contribution in [3.05, 3.63) is 89.2 Å². The fourth-order valence-electron chi connectivity index (χ4n) is 4.30. The van der Waals surface area contributed by atoms with Gasteiger partial charge < -0.3 is 10.1 Å². The van der Waals surface area contributed by atoms with Crippen molar-refractivity contribution in [2.24, 2.45) is 0 Å². The maximum Gasteiger partial charge on any atom is 0.416 e. The van der Waals surface area contributed by atoms with Gasteiger partial charge in [-0.05, 0) is 59.7 Å². The lowest BCUT2D eigenvalue weighted by atomic mass is 9.96. The van der Waals surface area contributed by atoms with E-state index in [9.17, 15) is 18.3 Å². The molecule has 3 aromatic carbocycles. The van der Waals surface area contributed by atoms with Crippen LogP contribution in [0, 0.1) is 0 Å². The van der Waals surface area contributed by atoms with Gasteiger partial charge in [0, 0.05) is 5.92 Å². The molecule has 158 valence electrons. The van der Waals surface area contributed by atoms with Gasteiger partial charge in [-0.15, -0.1) is 0 Å². The molecule has 31 heavy (non-hydrogen) atoms. The normalized spacial score (nSPS) is 19.5. The Balaban J connectivity index is 1.44. The van der Waals surface area contributed by atoms with Crippen LogP contribution in [0.5, 0.6) is 0 Å². The van der Waals surface area contributed by atoms with Crippen molar-refractivity contribution in [1.82, 2.24) is 9.97 Å². The fourth-order valence-corrected chi connectivity index (χ4v) is 4.30. The molecular formula is C25H21F3N2O. The third-order valence-corrected chi connectivity index (χ3v) is 6.01. The van der Waals surface area contributed by atoms with E-state index in [1.54, 1.807) is 13.0 Å². The van der Waals surface area contributed by atoms with Gasteiger partial charge in [-0.1, -0.05) is 48.5 Å². The van der Waals surface area contributed by atoms with Crippen LogP contribution >= 0.6 is 0 Å². The molecule has 3 unspecified atom stereocenters. The number of rotatable bonds is 4. The molecule has 6 heteroatoms. The van der Waals surface area contributed by atoms with Crippen molar-refractivity contribution in [1.29, 1.82) is 0 Å². The molecule has 5 rings (SSSR count). The van der Waals surface area contributed by atoms with Gasteiger partial charge in [0.1, 0.15) is 5.82 Å². The number of hydrogen-bond acceptors (Lipinski definition) is 2. The van der Waals surface area contributed by atoms with Crippen LogP contribution in [-0.2, 0) is 6.18 Å². The van der Waals surface area contributed by atoms with Crippen LogP contribution in [0.15, 0.2) is 66.7 Å². The third kappa shape index (κ3) is 3.72. The SMILES string of the molecule is CC(O)c1ccccc1-c1ccc2[nH]c(C3CC3c3cccc(C(F)(F)F)c3)nc2c1. The summed E-state index contributed by atoms with van der Waals surface area (Å²) in [6, 6.07) is 19.2. The number of benzene rings is 3. The van der Waals surface area contributed by atoms with Crippen LogP contribution in [0.1, 0.15) is 53.8 Å². The van der Waals surface area contributed by atoms with Crippen LogP contribution in [0.2, 0.25) is 0 Å². The molecule has 0 spiro atoms. The molecule has 1 aliphatic rings. The Morgan fingerprint density at radius 1 is 1.00 bits per heavy atom. The fraction of sp³-hybridized carbons (Fsp3) is 0.240. The number of aliphatic hydroxyl groups excluding tert-OH is 1. The van der Waals surface area contributed by atoms with Crippen molar-refractivity contribution in [2.45, 2.75) is 37.5 Å². The predicted octanol–water partition coefficient (Wildman–Crippen LogP) is 6.57. The van der Waals surface area contributed by atoms with Gasteiger partial charge in [0.15, 0.2) is 0 Å². The van der Waals surface area contributed by atoms with Crippen LogP contribution in [0.3, 0.4) is 0 Å². The lowest BCUT2D eigenvalue weighted by molar-refractivity contribution is -0.137. The van der Waals surface area contributed by atoms with Gasteiger partial charge in [-0.2, -0.15) is 13.2 Å². The first-order valence-electron chi connectivity index (χ1n) is 10.3. The van der Waals surface area contributed by atoms with Gasteiger partial charge in [0.2, 0.25) is 0 Å². The molecule has 1 aromatic heterocycles. The molecule has 0 amide bonds. The van der Waals surface area contributed by atoms with E-state index < -0.39 is 17.8 Å². The number of alkyl halides is 3. The highest BCUT2D eigenvalue weighted by molar-refractivity contribution is 5.83. The van der Waals surface area contributed by atoms with Gasteiger partial charge in [0.25, 0.3) is 0 Å². The lowest BCUT2D eigenvalue weighted by Crippen LogP contribution is -2.05. The Kier molecular flexibility index (Phi) is 4.63. The van der Waals surface area contributed by atoms with E-state index in [2.05, 4.69) is 4.98 Å². The first-order valence-corrected chi connectivity index (χ1v) is 10.3. The molecule has 0 radical (unpaired) electrons. The molecular weight excluding hydrogens is 401 g/mol. The molecule has 0 aliphatic heterocycles. The van der Waals surface area contributed by atoms with E-state index in [1.807, 2.05) is 42.5 Å². The maximum absolute atomic E-state index is 13.0. The molecule has 2 N–H and O–H groups in total. The summed E-state index contributed by atoms with van der Waals surface area (Å²) in [5.41, 5.74) is 4.56. The number of imidazole rings is 1. The maximum atomic E-state index is 13.0. The number of halogens is 3. The molecule has 1 aliphatic carbocycles. The van der Waals surface area contributed by atoms with E-state index in [1.165, 1.54) is 12.1 Å². The first kappa shape index (κ1) is 19.8. The summed E-state index contributed by atoms with van der Waals surface area (Å²) in [5, 5.41) is 10.1. The van der Waals surface area contributed by atoms with Crippen molar-refractivity contribution < 1.29 is 18.3 Å². The average Bonchev–Trinajstić information content (AvgIpc) is 3.44. The zero-order valence-corrected chi connectivity index (χ0v) is 16.8. The Morgan fingerprint density at radius 3 is 2.58 bits per heavy atom. The zero-order chi connectivity index (χ0) is 21.8. The van der Waals surface area contributed by atoms with E-state index in [4.69, 9.17) is 4.98 Å². The smallest absolute Gasteiger partial charge is 0.389 e. The minimum absolute atomic E-state index is 0.0401. The second kappa shape index (κ2) is 7.24. The number of fused-ring (bicyclic) bond motifs is 1. The van der Waals surface area contributed by atoms with Crippen LogP contribution in [-0.4, -0.2) is 15.1 Å². The number of aromatic amines is 1. The van der Waals surface area contributed by atoms with Crippen LogP contribution < -0.4 is 0 Å². The number of H-pyrrole nitrogens is 1. The van der Waals surface area contributed by atoms with Gasteiger partial charge in [-0.3, -0.25) is 0 Å². The summed E-state index contributed by atoms with van der Waals surface area (Å²) in [5.74, 6) is 0.931. The Hall–Kier alpha value is -3.12. The summed E-state index contributed by atoms with van der Waals surface area (Å²) < 4.78 is 39.1. The van der Waals surface area contributed by atoms with Gasteiger partial charge in [-0.25, -0.2) is 4.98 Å². The Bertz CT molecular complexity index is 1260. The van der Waals surface area contributed by atoms with E-state index >= 15 is 0 Å². The molecule has 1 saturated carbocycles. The first-order chi connectivity index (χ1) is 14.8. The number of hydrogen-bond donors (Lipinski definition) is 2. The lowest BCUT2D eigenvalue weighted by Gasteiger charge is -2.11. The number of aliphatic hydroxyl groups is 1. The number of nitrogens with zero attached hydrogens (tertiary/aromatic N) is 1. The summed E-state index contributed by atoms with van der Waals surface area (Å²) in [6.45, 7) is 1.74. The van der Waals surface area contributed by atoms with Crippen molar-refractivity contribution in [2.75, 3.05) is 0 Å². The molecule has 1 fully saturated rings. The predicted molar refractivity (Wildman–Crippen MR) is 114 cm³/mol. The van der Waals surface area contributed by atoms with Gasteiger partial charge >= 0.3 is 6.18 Å². The minimum atomic E-state index is -4.33. The molecule has 1 heterocycles. The average molecular weight is 422 g/mol. The summed E-state index contributed by atoms with van der Waals surface area (Å²) in [4.78, 5) is 8.08. The van der Waals surface area contributed by atoms with E-state index in [-0.39, 0.29) is 11.8 Å². The molecule has 3 atom stereocenters. The van der Waals surface area contributed by atoms with E-state index in [0.717, 1.165) is 46.0 Å². The molecule has 3 nitrogen and oxygen atoms in total. The Morgan fingerprint density at radius 2 is 1.81 bits per heavy atom. The summed E-state index contributed by atoms with van der Waals surface area (Å²) in [7, 11) is 0. The number of nitrogens with one attached hydrogen (secondary N) is 1. The highest BCUT2D eigenvalue weighted by atomic mass is 19.4. The standard InChI is InChI=1S/C25H21F3N2O/c1-14(31)18-7-2-3-8-19(18)16-9-10-22-23(12-16)30-24(29-22)21-13-20(21)15-5-4-6-17(11-15)25(26,27)28/h2-12,14,20-21,31H,13H2,1H3,(H,29,30).